The quantitative estimate of drug-likeness (QED) is 0.735. The molecular formula is C20H20N2O3. The standard InChI is InChI=1S/C20H20N2O3/c1-3-21(4-2)18(23)13-22-17-12-8-7-11-16(17)19(24)14-9-5-6-10-15(14)20(22)25/h5-12H,3-4,13H2,1-2H3. The highest BCUT2D eigenvalue weighted by Gasteiger charge is 2.15. The smallest absolute Gasteiger partial charge is 0.259 e. The molecule has 0 spiro atoms. The van der Waals surface area contributed by atoms with Gasteiger partial charge in [0.15, 0.2) is 5.43 Å². The first-order valence-electron chi connectivity index (χ1n) is 8.40. The number of rotatable bonds is 4. The third-order valence-electron chi connectivity index (χ3n) is 4.50. The molecule has 3 rings (SSSR count). The van der Waals surface area contributed by atoms with E-state index in [9.17, 15) is 14.4 Å². The minimum absolute atomic E-state index is 0.0842. The van der Waals surface area contributed by atoms with Gasteiger partial charge in [-0.05, 0) is 32.0 Å². The van der Waals surface area contributed by atoms with Gasteiger partial charge in [-0.3, -0.25) is 19.0 Å². The summed E-state index contributed by atoms with van der Waals surface area (Å²) in [5.74, 6) is -0.139. The van der Waals surface area contributed by atoms with Crippen LogP contribution in [0.5, 0.6) is 0 Å². The number of aromatic nitrogens is 1. The minimum atomic E-state index is -0.325. The van der Waals surface area contributed by atoms with Gasteiger partial charge in [0.1, 0.15) is 6.54 Å². The number of likely N-dealkylation sites (N-methyl/N-ethyl adjacent to an activating group) is 1. The van der Waals surface area contributed by atoms with Crippen molar-refractivity contribution >= 4 is 27.6 Å². The third kappa shape index (κ3) is 2.93. The van der Waals surface area contributed by atoms with Crippen molar-refractivity contribution in [3.8, 4) is 0 Å². The van der Waals surface area contributed by atoms with Crippen molar-refractivity contribution in [2.24, 2.45) is 0 Å². The van der Waals surface area contributed by atoms with E-state index in [-0.39, 0.29) is 23.4 Å². The molecule has 0 atom stereocenters. The molecule has 5 heteroatoms. The number of nitrogens with zero attached hydrogens (tertiary/aromatic N) is 2. The molecular weight excluding hydrogens is 316 g/mol. The second kappa shape index (κ2) is 6.89. The van der Waals surface area contributed by atoms with Crippen LogP contribution in [0.1, 0.15) is 13.8 Å². The zero-order valence-electron chi connectivity index (χ0n) is 14.4. The summed E-state index contributed by atoms with van der Waals surface area (Å²) in [6.07, 6.45) is 0. The minimum Gasteiger partial charge on any atom is -0.342 e. The Balaban J connectivity index is 2.39. The maximum absolute atomic E-state index is 13.1. The Kier molecular flexibility index (Phi) is 4.65. The van der Waals surface area contributed by atoms with E-state index in [4.69, 9.17) is 0 Å². The first-order chi connectivity index (χ1) is 12.1. The molecule has 0 saturated carbocycles. The van der Waals surface area contributed by atoms with Crippen molar-refractivity contribution in [2.75, 3.05) is 13.1 Å². The van der Waals surface area contributed by atoms with Gasteiger partial charge in [-0.15, -0.1) is 0 Å². The number of para-hydroxylation sites is 1. The predicted octanol–water partition coefficient (Wildman–Crippen LogP) is 2.38. The fourth-order valence-corrected chi connectivity index (χ4v) is 3.14. The lowest BCUT2D eigenvalue weighted by Crippen LogP contribution is -2.36. The van der Waals surface area contributed by atoms with Gasteiger partial charge in [-0.25, -0.2) is 0 Å². The zero-order valence-corrected chi connectivity index (χ0v) is 14.4. The van der Waals surface area contributed by atoms with E-state index in [0.717, 1.165) is 0 Å². The monoisotopic (exact) mass is 336 g/mol. The van der Waals surface area contributed by atoms with E-state index in [0.29, 0.717) is 34.8 Å². The lowest BCUT2D eigenvalue weighted by molar-refractivity contribution is -0.131. The fraction of sp³-hybridized carbons (Fsp3) is 0.250. The number of hydrogen-bond acceptors (Lipinski definition) is 3. The van der Waals surface area contributed by atoms with Crippen LogP contribution in [-0.2, 0) is 11.3 Å². The van der Waals surface area contributed by atoms with Gasteiger partial charge in [-0.1, -0.05) is 30.3 Å². The summed E-state index contributed by atoms with van der Waals surface area (Å²) < 4.78 is 1.42. The molecule has 128 valence electrons. The lowest BCUT2D eigenvalue weighted by Gasteiger charge is -2.19. The van der Waals surface area contributed by atoms with E-state index in [1.165, 1.54) is 4.57 Å². The highest BCUT2D eigenvalue weighted by Crippen LogP contribution is 2.12. The Bertz CT molecular complexity index is 1070. The van der Waals surface area contributed by atoms with Crippen molar-refractivity contribution < 1.29 is 4.79 Å². The Labute approximate surface area is 145 Å². The normalized spacial score (nSPS) is 11.0. The average molecular weight is 336 g/mol. The molecule has 0 aliphatic carbocycles. The molecule has 2 aromatic carbocycles. The van der Waals surface area contributed by atoms with Gasteiger partial charge >= 0.3 is 0 Å². The van der Waals surface area contributed by atoms with Gasteiger partial charge in [0, 0.05) is 23.9 Å². The maximum Gasteiger partial charge on any atom is 0.259 e. The molecule has 0 saturated heterocycles. The van der Waals surface area contributed by atoms with E-state index >= 15 is 0 Å². The van der Waals surface area contributed by atoms with Crippen molar-refractivity contribution in [2.45, 2.75) is 20.4 Å². The van der Waals surface area contributed by atoms with Crippen molar-refractivity contribution in [3.05, 3.63) is 69.1 Å². The molecule has 5 nitrogen and oxygen atoms in total. The second-order valence-electron chi connectivity index (χ2n) is 5.85. The summed E-state index contributed by atoms with van der Waals surface area (Å²) in [6, 6.07) is 13.7. The predicted molar refractivity (Wildman–Crippen MR) is 99.9 cm³/mol. The highest BCUT2D eigenvalue weighted by molar-refractivity contribution is 5.91. The maximum atomic E-state index is 13.1. The number of carbonyl (C=O) groups excluding carboxylic acids is 1. The van der Waals surface area contributed by atoms with Crippen LogP contribution in [0.3, 0.4) is 0 Å². The molecule has 0 N–H and O–H groups in total. The fourth-order valence-electron chi connectivity index (χ4n) is 3.14. The van der Waals surface area contributed by atoms with Crippen molar-refractivity contribution in [3.63, 3.8) is 0 Å². The molecule has 0 bridgehead atoms. The Morgan fingerprint density at radius 3 is 2.08 bits per heavy atom. The van der Waals surface area contributed by atoms with Crippen LogP contribution < -0.4 is 11.0 Å². The number of fused-ring (bicyclic) bond motifs is 2. The molecule has 0 aliphatic rings. The van der Waals surface area contributed by atoms with E-state index in [1.54, 1.807) is 53.4 Å². The first kappa shape index (κ1) is 16.9. The molecule has 25 heavy (non-hydrogen) atoms. The first-order valence-corrected chi connectivity index (χ1v) is 8.40. The Morgan fingerprint density at radius 1 is 0.880 bits per heavy atom. The Hall–Kier alpha value is -2.95. The molecule has 0 radical (unpaired) electrons. The van der Waals surface area contributed by atoms with Gasteiger partial charge in [0.05, 0.1) is 10.9 Å². The molecule has 0 unspecified atom stereocenters. The molecule has 3 aromatic rings. The summed E-state index contributed by atoms with van der Waals surface area (Å²) in [5, 5.41) is 1.14. The van der Waals surface area contributed by atoms with Crippen molar-refractivity contribution in [1.82, 2.24) is 9.47 Å². The van der Waals surface area contributed by atoms with E-state index < -0.39 is 0 Å². The van der Waals surface area contributed by atoms with Crippen LogP contribution in [0.4, 0.5) is 0 Å². The molecule has 0 fully saturated rings. The number of carbonyl (C=O) groups is 1. The summed E-state index contributed by atoms with van der Waals surface area (Å²) in [4.78, 5) is 40.2. The van der Waals surface area contributed by atoms with Crippen LogP contribution >= 0.6 is 0 Å². The van der Waals surface area contributed by atoms with Crippen LogP contribution in [0, 0.1) is 0 Å². The zero-order chi connectivity index (χ0) is 18.0. The summed E-state index contributed by atoms with van der Waals surface area (Å²) in [7, 11) is 0. The van der Waals surface area contributed by atoms with Gasteiger partial charge < -0.3 is 4.90 Å². The largest absolute Gasteiger partial charge is 0.342 e. The van der Waals surface area contributed by atoms with Crippen LogP contribution in [0.2, 0.25) is 0 Å². The van der Waals surface area contributed by atoms with Crippen LogP contribution in [0.25, 0.3) is 21.7 Å². The highest BCUT2D eigenvalue weighted by atomic mass is 16.2. The summed E-state index contributed by atoms with van der Waals surface area (Å²) in [5.41, 5.74) is -0.0408. The SMILES string of the molecule is CCN(CC)C(=O)Cn1c(=O)c2ccccc2c(=O)c2ccccc21. The Morgan fingerprint density at radius 2 is 1.44 bits per heavy atom. The molecule has 0 aliphatic heterocycles. The second-order valence-corrected chi connectivity index (χ2v) is 5.85. The number of benzene rings is 2. The van der Waals surface area contributed by atoms with Crippen LogP contribution in [0.15, 0.2) is 58.1 Å². The lowest BCUT2D eigenvalue weighted by atomic mass is 10.1. The van der Waals surface area contributed by atoms with Gasteiger partial charge in [0.25, 0.3) is 5.56 Å². The van der Waals surface area contributed by atoms with Crippen LogP contribution in [-0.4, -0.2) is 28.5 Å². The topological polar surface area (TPSA) is 59.4 Å². The number of amides is 1. The van der Waals surface area contributed by atoms with Crippen molar-refractivity contribution in [1.29, 1.82) is 0 Å². The average Bonchev–Trinajstić information content (AvgIpc) is 2.73. The summed E-state index contributed by atoms with van der Waals surface area (Å²) >= 11 is 0. The van der Waals surface area contributed by atoms with E-state index in [2.05, 4.69) is 0 Å². The van der Waals surface area contributed by atoms with Gasteiger partial charge in [-0.2, -0.15) is 0 Å². The third-order valence-corrected chi connectivity index (χ3v) is 4.50. The molecule has 1 amide bonds. The molecule has 1 heterocycles. The van der Waals surface area contributed by atoms with E-state index in [1.807, 2.05) is 13.8 Å². The van der Waals surface area contributed by atoms with Gasteiger partial charge in [0.2, 0.25) is 5.91 Å². The summed E-state index contributed by atoms with van der Waals surface area (Å²) in [6.45, 7) is 4.87. The number of hydrogen-bond donors (Lipinski definition) is 0. The molecule has 1 aromatic heterocycles.